The molecule has 0 saturated carbocycles. The average molecular weight is 228 g/mol. The minimum atomic E-state index is -0.0866. The van der Waals surface area contributed by atoms with Crippen molar-refractivity contribution in [1.29, 1.82) is 0 Å². The summed E-state index contributed by atoms with van der Waals surface area (Å²) in [6, 6.07) is 0.271. The molecule has 4 nitrogen and oxygen atoms in total. The Morgan fingerprint density at radius 3 is 3.07 bits per heavy atom. The third-order valence-electron chi connectivity index (χ3n) is 3.09. The van der Waals surface area contributed by atoms with Crippen LogP contribution in [0.3, 0.4) is 0 Å². The summed E-state index contributed by atoms with van der Waals surface area (Å²) in [7, 11) is 0. The second kappa shape index (κ2) is 4.43. The number of amides is 2. The van der Waals surface area contributed by atoms with Crippen molar-refractivity contribution in [2.75, 3.05) is 5.75 Å². The predicted octanol–water partition coefficient (Wildman–Crippen LogP) is 0.767. The summed E-state index contributed by atoms with van der Waals surface area (Å²) in [4.78, 5) is 22.2. The van der Waals surface area contributed by atoms with Crippen LogP contribution < -0.4 is 10.6 Å². The minimum Gasteiger partial charge on any atom is -0.332 e. The number of carbonyl (C=O) groups excluding carboxylic acids is 2. The molecule has 0 aliphatic carbocycles. The molecule has 15 heavy (non-hydrogen) atoms. The van der Waals surface area contributed by atoms with Crippen molar-refractivity contribution < 1.29 is 9.59 Å². The fourth-order valence-corrected chi connectivity index (χ4v) is 3.99. The lowest BCUT2D eigenvalue weighted by Gasteiger charge is -2.22. The normalized spacial score (nSPS) is 35.5. The van der Waals surface area contributed by atoms with E-state index in [1.807, 2.05) is 0 Å². The summed E-state index contributed by atoms with van der Waals surface area (Å²) in [5.74, 6) is 0.998. The molecular weight excluding hydrogens is 212 g/mol. The van der Waals surface area contributed by atoms with Crippen LogP contribution in [0.4, 0.5) is 4.79 Å². The van der Waals surface area contributed by atoms with Gasteiger partial charge in [-0.05, 0) is 6.42 Å². The van der Waals surface area contributed by atoms with Gasteiger partial charge in [0.1, 0.15) is 6.29 Å². The molecule has 2 saturated heterocycles. The van der Waals surface area contributed by atoms with Crippen LogP contribution in [0.5, 0.6) is 0 Å². The third kappa shape index (κ3) is 1.97. The molecule has 0 aromatic rings. The van der Waals surface area contributed by atoms with Crippen LogP contribution in [-0.4, -0.2) is 35.4 Å². The molecule has 4 atom stereocenters. The van der Waals surface area contributed by atoms with Gasteiger partial charge in [0.25, 0.3) is 0 Å². The summed E-state index contributed by atoms with van der Waals surface area (Å²) >= 11 is 1.80. The number of fused-ring (bicyclic) bond motifs is 1. The first kappa shape index (κ1) is 10.8. The van der Waals surface area contributed by atoms with E-state index in [0.717, 1.165) is 24.9 Å². The lowest BCUT2D eigenvalue weighted by Crippen LogP contribution is -2.40. The number of aldehydes is 1. The molecule has 84 valence electrons. The highest BCUT2D eigenvalue weighted by Crippen LogP contribution is 2.35. The summed E-state index contributed by atoms with van der Waals surface area (Å²) in [6.07, 6.45) is 2.98. The van der Waals surface area contributed by atoms with Crippen LogP contribution in [0.2, 0.25) is 0 Å². The standard InChI is InChI=1S/C10H16N2O2S/c1-2-3-6(4-13)9-8-7(5-15-9)11-10(14)12-8/h4,6-9H,2-3,5H2,1H3,(H2,11,12,14)/t6?,7-,8-,9-/m0/s1. The van der Waals surface area contributed by atoms with E-state index >= 15 is 0 Å². The molecule has 2 N–H and O–H groups in total. The van der Waals surface area contributed by atoms with Crippen LogP contribution in [0.1, 0.15) is 19.8 Å². The lowest BCUT2D eigenvalue weighted by molar-refractivity contribution is -0.111. The van der Waals surface area contributed by atoms with Crippen LogP contribution in [-0.2, 0) is 4.79 Å². The zero-order valence-electron chi connectivity index (χ0n) is 8.73. The maximum atomic E-state index is 11.2. The first-order chi connectivity index (χ1) is 7.26. The Balaban J connectivity index is 2.03. The zero-order chi connectivity index (χ0) is 10.8. The molecule has 2 fully saturated rings. The molecule has 5 heteroatoms. The van der Waals surface area contributed by atoms with Gasteiger partial charge in [0.05, 0.1) is 12.1 Å². The van der Waals surface area contributed by atoms with Crippen molar-refractivity contribution >= 4 is 24.1 Å². The van der Waals surface area contributed by atoms with Crippen LogP contribution in [0.15, 0.2) is 0 Å². The van der Waals surface area contributed by atoms with Crippen molar-refractivity contribution in [2.45, 2.75) is 37.1 Å². The highest BCUT2D eigenvalue weighted by Gasteiger charge is 2.45. The second-order valence-corrected chi connectivity index (χ2v) is 5.35. The van der Waals surface area contributed by atoms with E-state index in [1.165, 1.54) is 0 Å². The molecule has 1 unspecified atom stereocenters. The first-order valence-corrected chi connectivity index (χ1v) is 6.45. The van der Waals surface area contributed by atoms with Crippen molar-refractivity contribution in [3.63, 3.8) is 0 Å². The molecule has 2 amide bonds. The molecule has 0 radical (unpaired) electrons. The predicted molar refractivity (Wildman–Crippen MR) is 60.0 cm³/mol. The van der Waals surface area contributed by atoms with Crippen LogP contribution >= 0.6 is 11.8 Å². The van der Waals surface area contributed by atoms with E-state index in [2.05, 4.69) is 17.6 Å². The van der Waals surface area contributed by atoms with Gasteiger partial charge in [-0.25, -0.2) is 4.79 Å². The van der Waals surface area contributed by atoms with E-state index in [-0.39, 0.29) is 29.3 Å². The van der Waals surface area contributed by atoms with E-state index < -0.39 is 0 Å². The fraction of sp³-hybridized carbons (Fsp3) is 0.800. The molecule has 2 heterocycles. The molecule has 2 aliphatic rings. The first-order valence-electron chi connectivity index (χ1n) is 5.40. The molecule has 0 aromatic heterocycles. The lowest BCUT2D eigenvalue weighted by atomic mass is 9.94. The van der Waals surface area contributed by atoms with Gasteiger partial charge in [0.2, 0.25) is 0 Å². The van der Waals surface area contributed by atoms with Gasteiger partial charge in [-0.1, -0.05) is 13.3 Å². The van der Waals surface area contributed by atoms with Gasteiger partial charge in [0, 0.05) is 16.9 Å². The highest BCUT2D eigenvalue weighted by atomic mass is 32.2. The molecule has 0 aromatic carbocycles. The summed E-state index contributed by atoms with van der Waals surface area (Å²) in [5.41, 5.74) is 0. The Morgan fingerprint density at radius 2 is 2.40 bits per heavy atom. The van der Waals surface area contributed by atoms with E-state index in [9.17, 15) is 9.59 Å². The summed E-state index contributed by atoms with van der Waals surface area (Å²) < 4.78 is 0. The number of carbonyl (C=O) groups is 2. The largest absolute Gasteiger partial charge is 0.332 e. The van der Waals surface area contributed by atoms with E-state index in [1.54, 1.807) is 11.8 Å². The number of hydrogen-bond acceptors (Lipinski definition) is 3. The Bertz CT molecular complexity index is 272. The maximum Gasteiger partial charge on any atom is 0.315 e. The zero-order valence-corrected chi connectivity index (χ0v) is 9.55. The van der Waals surface area contributed by atoms with Gasteiger partial charge >= 0.3 is 6.03 Å². The van der Waals surface area contributed by atoms with Crippen LogP contribution in [0, 0.1) is 5.92 Å². The number of thioether (sulfide) groups is 1. The molecule has 0 spiro atoms. The molecular formula is C10H16N2O2S. The highest BCUT2D eigenvalue weighted by molar-refractivity contribution is 8.00. The SMILES string of the molecule is CCCC(C=O)[C@@H]1SC[C@@H]2NC(=O)N[C@@H]21. The summed E-state index contributed by atoms with van der Waals surface area (Å²) in [6.45, 7) is 2.08. The number of nitrogens with one attached hydrogen (secondary N) is 2. The Kier molecular flexibility index (Phi) is 3.19. The Hall–Kier alpha value is -0.710. The van der Waals surface area contributed by atoms with Crippen LogP contribution in [0.25, 0.3) is 0 Å². The molecule has 2 aliphatic heterocycles. The Labute approximate surface area is 93.6 Å². The third-order valence-corrected chi connectivity index (χ3v) is 4.67. The summed E-state index contributed by atoms with van der Waals surface area (Å²) in [5, 5.41) is 6.05. The van der Waals surface area contributed by atoms with Gasteiger partial charge in [-0.2, -0.15) is 11.8 Å². The van der Waals surface area contributed by atoms with Crippen molar-refractivity contribution in [1.82, 2.24) is 10.6 Å². The Morgan fingerprint density at radius 1 is 1.60 bits per heavy atom. The fourth-order valence-electron chi connectivity index (χ4n) is 2.36. The topological polar surface area (TPSA) is 58.2 Å². The van der Waals surface area contributed by atoms with Gasteiger partial charge in [0.15, 0.2) is 0 Å². The van der Waals surface area contributed by atoms with E-state index in [4.69, 9.17) is 0 Å². The smallest absolute Gasteiger partial charge is 0.315 e. The quantitative estimate of drug-likeness (QED) is 0.552. The number of urea groups is 1. The maximum absolute atomic E-state index is 11.2. The van der Waals surface area contributed by atoms with Crippen molar-refractivity contribution in [3.05, 3.63) is 0 Å². The number of hydrogen-bond donors (Lipinski definition) is 2. The van der Waals surface area contributed by atoms with Gasteiger partial charge < -0.3 is 15.4 Å². The molecule has 0 bridgehead atoms. The number of rotatable bonds is 4. The average Bonchev–Trinajstić information content (AvgIpc) is 2.73. The molecule has 2 rings (SSSR count). The van der Waals surface area contributed by atoms with Crippen molar-refractivity contribution in [2.24, 2.45) is 5.92 Å². The van der Waals surface area contributed by atoms with E-state index in [0.29, 0.717) is 0 Å². The van der Waals surface area contributed by atoms with Crippen molar-refractivity contribution in [3.8, 4) is 0 Å². The second-order valence-electron chi connectivity index (χ2n) is 4.14. The van der Waals surface area contributed by atoms with Gasteiger partial charge in [-0.3, -0.25) is 0 Å². The monoisotopic (exact) mass is 228 g/mol. The van der Waals surface area contributed by atoms with Gasteiger partial charge in [-0.15, -0.1) is 0 Å². The minimum absolute atomic E-state index is 0.0789.